The molecule has 1 aromatic rings. The van der Waals surface area contributed by atoms with Crippen LogP contribution < -0.4 is 9.64 Å². The zero-order valence-electron chi connectivity index (χ0n) is 22.6. The van der Waals surface area contributed by atoms with Crippen molar-refractivity contribution in [2.24, 2.45) is 5.92 Å². The molecular weight excluding hydrogens is 460 g/mol. The largest absolute Gasteiger partial charge is 0.497 e. The van der Waals surface area contributed by atoms with Gasteiger partial charge in [-0.15, -0.1) is 0 Å². The number of aliphatic hydroxyl groups excluding tert-OH is 1. The summed E-state index contributed by atoms with van der Waals surface area (Å²) in [4.78, 5) is 18.8. The van der Waals surface area contributed by atoms with Crippen molar-refractivity contribution < 1.29 is 23.8 Å². The Labute approximate surface area is 210 Å². The lowest BCUT2D eigenvalue weighted by atomic mass is 9.54. The van der Waals surface area contributed by atoms with Gasteiger partial charge in [0.2, 0.25) is 0 Å². The van der Waals surface area contributed by atoms with Crippen molar-refractivity contribution in [3.63, 3.8) is 0 Å². The third kappa shape index (κ3) is 3.29. The maximum absolute atomic E-state index is 14.0. The number of hydrogen-bond acceptors (Lipinski definition) is 7. The first-order chi connectivity index (χ1) is 16.3. The van der Waals surface area contributed by atoms with Crippen molar-refractivity contribution in [1.82, 2.24) is 4.90 Å². The third-order valence-electron chi connectivity index (χ3n) is 9.94. The highest BCUT2D eigenvalue weighted by Crippen LogP contribution is 2.65. The van der Waals surface area contributed by atoms with Crippen LogP contribution in [0.25, 0.3) is 0 Å². The first kappa shape index (κ1) is 25.1. The molecule has 3 aliphatic heterocycles. The molecule has 7 nitrogen and oxygen atoms in total. The number of esters is 1. The third-order valence-corrected chi connectivity index (χ3v) is 14.4. The number of likely N-dealkylation sites (N-methyl/N-ethyl adjacent to an activating group) is 1. The molecule has 3 fully saturated rings. The maximum Gasteiger partial charge on any atom is 0.339 e. The summed E-state index contributed by atoms with van der Waals surface area (Å²) < 4.78 is 18.5. The van der Waals surface area contributed by atoms with Crippen LogP contribution in [0.15, 0.2) is 18.2 Å². The highest BCUT2D eigenvalue weighted by molar-refractivity contribution is 6.74. The zero-order chi connectivity index (χ0) is 25.6. The minimum Gasteiger partial charge on any atom is -0.497 e. The molecule has 0 radical (unpaired) electrons. The van der Waals surface area contributed by atoms with Crippen LogP contribution in [-0.4, -0.2) is 82.4 Å². The second kappa shape index (κ2) is 7.94. The van der Waals surface area contributed by atoms with Crippen LogP contribution >= 0.6 is 0 Å². The fraction of sp³-hybridized carbons (Fsp3) is 0.741. The predicted octanol–water partition coefficient (Wildman–Crippen LogP) is 3.54. The number of anilines is 1. The molecule has 2 saturated heterocycles. The summed E-state index contributed by atoms with van der Waals surface area (Å²) in [5, 5.41) is 10.8. The van der Waals surface area contributed by atoms with Crippen LogP contribution in [-0.2, 0) is 19.4 Å². The van der Waals surface area contributed by atoms with Gasteiger partial charge in [-0.05, 0) is 61.5 Å². The first-order valence-corrected chi connectivity index (χ1v) is 15.9. The minimum absolute atomic E-state index is 0.0704. The number of methoxy groups -OCH3 is 2. The van der Waals surface area contributed by atoms with Crippen molar-refractivity contribution in [3.05, 3.63) is 23.8 Å². The monoisotopic (exact) mass is 502 g/mol. The number of carbonyl (C=O) groups is 1. The second-order valence-corrected chi connectivity index (χ2v) is 17.4. The molecule has 1 aromatic carbocycles. The van der Waals surface area contributed by atoms with Gasteiger partial charge in [0.05, 0.1) is 26.4 Å². The number of benzene rings is 1. The van der Waals surface area contributed by atoms with E-state index in [1.165, 1.54) is 12.7 Å². The van der Waals surface area contributed by atoms with Gasteiger partial charge in [-0.2, -0.15) is 0 Å². The Bertz CT molecular complexity index is 1030. The van der Waals surface area contributed by atoms with Crippen LogP contribution in [0.4, 0.5) is 5.69 Å². The molecule has 1 saturated carbocycles. The Morgan fingerprint density at radius 2 is 1.94 bits per heavy atom. The van der Waals surface area contributed by atoms with Crippen LogP contribution in [0.2, 0.25) is 18.1 Å². The summed E-state index contributed by atoms with van der Waals surface area (Å²) in [6.07, 6.45) is 1.78. The lowest BCUT2D eigenvalue weighted by molar-refractivity contribution is -0.176. The van der Waals surface area contributed by atoms with Crippen molar-refractivity contribution in [2.45, 2.75) is 87.4 Å². The van der Waals surface area contributed by atoms with Gasteiger partial charge in [-0.3, -0.25) is 4.90 Å². The summed E-state index contributed by atoms with van der Waals surface area (Å²) in [6.45, 7) is 12.7. The average Bonchev–Trinajstić information content (AvgIpc) is 3.28. The van der Waals surface area contributed by atoms with E-state index < -0.39 is 13.9 Å². The van der Waals surface area contributed by atoms with Gasteiger partial charge in [-0.25, -0.2) is 4.79 Å². The Morgan fingerprint density at radius 3 is 2.57 bits per heavy atom. The van der Waals surface area contributed by atoms with E-state index in [1.807, 2.05) is 6.07 Å². The Hall–Kier alpha value is -1.61. The van der Waals surface area contributed by atoms with E-state index in [-0.39, 0.29) is 40.5 Å². The molecule has 1 spiro atoms. The van der Waals surface area contributed by atoms with E-state index in [0.29, 0.717) is 19.4 Å². The van der Waals surface area contributed by atoms with E-state index in [2.05, 4.69) is 62.8 Å². The molecular formula is C27H42N2O5Si. The van der Waals surface area contributed by atoms with Crippen LogP contribution in [0.3, 0.4) is 0 Å². The van der Waals surface area contributed by atoms with Gasteiger partial charge in [0.1, 0.15) is 5.75 Å². The van der Waals surface area contributed by atoms with Crippen molar-refractivity contribution in [1.29, 1.82) is 0 Å². The standard InChI is InChI=1S/C27H42N2O5Si/c1-25(2,3)35(7,8)34-27(24(31)33-6)15-17-13-18(30)16-29-12-11-26(22(17)29)20-10-9-19(32-5)14-21(20)28(4)23(26)27/h9-10,14,17-18,22-23,30H,11-13,15-16H2,1-8H3/t17-,18-,22-,23+,26+,27+/m0/s1. The molecule has 0 amide bonds. The highest BCUT2D eigenvalue weighted by Gasteiger charge is 2.74. The van der Waals surface area contributed by atoms with Crippen LogP contribution in [0.1, 0.15) is 45.6 Å². The summed E-state index contributed by atoms with van der Waals surface area (Å²) in [5.41, 5.74) is 0.977. The molecule has 6 atom stereocenters. The number of rotatable bonds is 4. The molecule has 5 rings (SSSR count). The fourth-order valence-electron chi connectivity index (χ4n) is 7.78. The highest BCUT2D eigenvalue weighted by atomic mass is 28.4. The van der Waals surface area contributed by atoms with Gasteiger partial charge in [-0.1, -0.05) is 26.8 Å². The lowest BCUT2D eigenvalue weighted by Crippen LogP contribution is -2.75. The van der Waals surface area contributed by atoms with Crippen LogP contribution in [0.5, 0.6) is 5.75 Å². The Morgan fingerprint density at radius 1 is 1.23 bits per heavy atom. The van der Waals surface area contributed by atoms with Crippen LogP contribution in [0, 0.1) is 5.92 Å². The van der Waals surface area contributed by atoms with E-state index in [0.717, 1.165) is 24.4 Å². The molecule has 194 valence electrons. The molecule has 35 heavy (non-hydrogen) atoms. The summed E-state index contributed by atoms with van der Waals surface area (Å²) in [6, 6.07) is 6.42. The van der Waals surface area contributed by atoms with Gasteiger partial charge in [0.25, 0.3) is 0 Å². The van der Waals surface area contributed by atoms with Gasteiger partial charge >= 0.3 is 5.97 Å². The number of hydrogen-bond donors (Lipinski definition) is 1. The maximum atomic E-state index is 14.0. The van der Waals surface area contributed by atoms with Gasteiger partial charge in [0, 0.05) is 36.8 Å². The number of fused-ring (bicyclic) bond motifs is 1. The lowest BCUT2D eigenvalue weighted by Gasteiger charge is -2.60. The first-order valence-electron chi connectivity index (χ1n) is 12.9. The van der Waals surface area contributed by atoms with E-state index >= 15 is 0 Å². The molecule has 1 N–H and O–H groups in total. The van der Waals surface area contributed by atoms with Crippen molar-refractivity contribution in [3.8, 4) is 5.75 Å². The normalized spacial score (nSPS) is 36.4. The summed E-state index contributed by atoms with van der Waals surface area (Å²) in [5.74, 6) is 0.670. The van der Waals surface area contributed by atoms with Crippen molar-refractivity contribution >= 4 is 20.0 Å². The molecule has 0 bridgehead atoms. The summed E-state index contributed by atoms with van der Waals surface area (Å²) >= 11 is 0. The smallest absolute Gasteiger partial charge is 0.339 e. The number of piperidine rings is 1. The average molecular weight is 503 g/mol. The van der Waals surface area contributed by atoms with Gasteiger partial charge < -0.3 is 23.9 Å². The van der Waals surface area contributed by atoms with E-state index in [9.17, 15) is 9.90 Å². The Kier molecular flexibility index (Phi) is 5.68. The molecule has 3 heterocycles. The van der Waals surface area contributed by atoms with E-state index in [4.69, 9.17) is 13.9 Å². The Balaban J connectivity index is 1.76. The molecule has 8 heteroatoms. The SMILES string of the molecule is COC(=O)[C@@]1(O[Si](C)(C)C(C)(C)C)C[C@@H]2C[C@H](O)CN3CC[C@@]4(c5ccc(OC)cc5N(C)[C@H]41)[C@H]23. The molecule has 4 aliphatic rings. The number of nitrogens with zero attached hydrogens (tertiary/aromatic N) is 2. The fourth-order valence-corrected chi connectivity index (χ4v) is 9.27. The second-order valence-electron chi connectivity index (χ2n) is 12.7. The minimum atomic E-state index is -2.39. The van der Waals surface area contributed by atoms with E-state index in [1.54, 1.807) is 7.11 Å². The molecule has 1 aliphatic carbocycles. The van der Waals surface area contributed by atoms with Gasteiger partial charge in [0.15, 0.2) is 13.9 Å². The molecule has 0 aromatic heterocycles. The topological polar surface area (TPSA) is 71.5 Å². The zero-order valence-corrected chi connectivity index (χ0v) is 23.6. The number of aliphatic hydroxyl groups is 1. The van der Waals surface area contributed by atoms with Crippen molar-refractivity contribution in [2.75, 3.05) is 39.3 Å². The number of carbonyl (C=O) groups excluding carboxylic acids is 1. The summed E-state index contributed by atoms with van der Waals surface area (Å²) in [7, 11) is 2.89. The predicted molar refractivity (Wildman–Crippen MR) is 139 cm³/mol. The number of ether oxygens (including phenoxy) is 2. The quantitative estimate of drug-likeness (QED) is 0.499. The molecule has 0 unspecified atom stereocenters.